The van der Waals surface area contributed by atoms with Gasteiger partial charge < -0.3 is 11.1 Å². The molecule has 1 unspecified atom stereocenters. The minimum atomic E-state index is -0.678. The Bertz CT molecular complexity index is 466. The van der Waals surface area contributed by atoms with Gasteiger partial charge in [0.25, 0.3) is 0 Å². The maximum Gasteiger partial charge on any atom is 0.240 e. The van der Waals surface area contributed by atoms with E-state index >= 15 is 0 Å². The number of nitrogens with two attached hydrogens (primary N) is 1. The molecule has 3 N–H and O–H groups in total. The number of hydrogen-bond acceptors (Lipinski definition) is 3. The van der Waals surface area contributed by atoms with Crippen LogP contribution in [0.5, 0.6) is 0 Å². The highest BCUT2D eigenvalue weighted by Crippen LogP contribution is 2.27. The predicted molar refractivity (Wildman–Crippen MR) is 81.8 cm³/mol. The number of nitrogens with one attached hydrogen (secondary N) is 1. The second kappa shape index (κ2) is 6.59. The highest BCUT2D eigenvalue weighted by atomic mass is 35.5. The lowest BCUT2D eigenvalue weighted by atomic mass is 9.81. The first-order valence-corrected chi connectivity index (χ1v) is 7.02. The first-order chi connectivity index (χ1) is 8.94. The quantitative estimate of drug-likeness (QED) is 0.896. The molecule has 0 saturated heterocycles. The first kappa shape index (κ1) is 17.0. The van der Waals surface area contributed by atoms with E-state index in [0.29, 0.717) is 0 Å². The predicted octanol–water partition coefficient (Wildman–Crippen LogP) is 1.99. The molecule has 0 spiro atoms. The Balaban J connectivity index is 0.00000200. The van der Waals surface area contributed by atoms with E-state index in [-0.39, 0.29) is 24.4 Å². The number of carbonyl (C=O) groups excluding carboxylic acids is 1. The van der Waals surface area contributed by atoms with Gasteiger partial charge in [0.1, 0.15) is 0 Å². The molecule has 1 fully saturated rings. The summed E-state index contributed by atoms with van der Waals surface area (Å²) >= 11 is 0. The zero-order valence-corrected chi connectivity index (χ0v) is 13.3. The summed E-state index contributed by atoms with van der Waals surface area (Å²) in [5.74, 6) is -0.0250. The van der Waals surface area contributed by atoms with Crippen LogP contribution in [0, 0.1) is 6.92 Å². The van der Waals surface area contributed by atoms with Gasteiger partial charge in [0.15, 0.2) is 0 Å². The third kappa shape index (κ3) is 3.33. The van der Waals surface area contributed by atoms with E-state index in [1.807, 2.05) is 31.8 Å². The minimum absolute atomic E-state index is 0. The molecule has 6 heteroatoms. The minimum Gasteiger partial charge on any atom is -0.348 e. The van der Waals surface area contributed by atoms with Crippen LogP contribution < -0.4 is 11.1 Å². The molecule has 1 aromatic heterocycles. The molecular weight excluding hydrogens is 276 g/mol. The Morgan fingerprint density at radius 2 is 2.05 bits per heavy atom. The smallest absolute Gasteiger partial charge is 0.240 e. The molecule has 1 atom stereocenters. The molecule has 1 aliphatic rings. The molecule has 114 valence electrons. The lowest BCUT2D eigenvalue weighted by Crippen LogP contribution is -2.55. The number of nitrogens with zero attached hydrogens (tertiary/aromatic N) is 2. The molecule has 1 heterocycles. The maximum absolute atomic E-state index is 12.4. The van der Waals surface area contributed by atoms with Gasteiger partial charge in [0.05, 0.1) is 17.8 Å². The summed E-state index contributed by atoms with van der Waals surface area (Å²) in [5.41, 5.74) is 7.68. The monoisotopic (exact) mass is 300 g/mol. The summed E-state index contributed by atoms with van der Waals surface area (Å²) < 4.78 is 1.82. The second-order valence-corrected chi connectivity index (χ2v) is 5.72. The standard InChI is InChI=1S/C14H24N4O.ClH/c1-10(12-9-16-18(3)11(12)2)17-13(19)14(15)7-5-4-6-8-14;/h9-10H,4-8,15H2,1-3H3,(H,17,19);1H. The molecule has 0 aliphatic heterocycles. The first-order valence-electron chi connectivity index (χ1n) is 7.02. The van der Waals surface area contributed by atoms with E-state index in [0.717, 1.165) is 36.9 Å². The molecule has 1 saturated carbocycles. The van der Waals surface area contributed by atoms with Gasteiger partial charge in [0, 0.05) is 18.3 Å². The van der Waals surface area contributed by atoms with Crippen molar-refractivity contribution in [3.63, 3.8) is 0 Å². The van der Waals surface area contributed by atoms with E-state index in [9.17, 15) is 4.79 Å². The molecule has 2 rings (SSSR count). The third-order valence-corrected chi connectivity index (χ3v) is 4.29. The lowest BCUT2D eigenvalue weighted by molar-refractivity contribution is -0.128. The van der Waals surface area contributed by atoms with Crippen LogP contribution in [0.15, 0.2) is 6.20 Å². The summed E-state index contributed by atoms with van der Waals surface area (Å²) in [6.07, 6.45) is 6.66. The van der Waals surface area contributed by atoms with Crippen LogP contribution in [-0.4, -0.2) is 21.2 Å². The second-order valence-electron chi connectivity index (χ2n) is 5.72. The van der Waals surface area contributed by atoms with Crippen molar-refractivity contribution in [3.05, 3.63) is 17.5 Å². The van der Waals surface area contributed by atoms with Gasteiger partial charge >= 0.3 is 0 Å². The van der Waals surface area contributed by atoms with Crippen LogP contribution in [0.1, 0.15) is 56.3 Å². The van der Waals surface area contributed by atoms with Crippen LogP contribution in [0.25, 0.3) is 0 Å². The molecule has 0 aromatic carbocycles. The van der Waals surface area contributed by atoms with Crippen molar-refractivity contribution in [1.82, 2.24) is 15.1 Å². The third-order valence-electron chi connectivity index (χ3n) is 4.29. The molecule has 20 heavy (non-hydrogen) atoms. The SMILES string of the molecule is Cc1c(C(C)NC(=O)C2(N)CCCCC2)cnn1C.Cl. The molecule has 0 radical (unpaired) electrons. The largest absolute Gasteiger partial charge is 0.348 e. The number of aryl methyl sites for hydroxylation is 1. The number of carbonyl (C=O) groups is 1. The van der Waals surface area contributed by atoms with Gasteiger partial charge in [-0.2, -0.15) is 5.10 Å². The summed E-state index contributed by atoms with van der Waals surface area (Å²) in [4.78, 5) is 12.4. The van der Waals surface area contributed by atoms with Crippen LogP contribution in [0.4, 0.5) is 0 Å². The summed E-state index contributed by atoms with van der Waals surface area (Å²) in [6, 6.07) is -0.0523. The number of halogens is 1. The highest BCUT2D eigenvalue weighted by molar-refractivity contribution is 5.86. The fourth-order valence-electron chi connectivity index (χ4n) is 2.77. The average Bonchev–Trinajstić information content (AvgIpc) is 2.71. The fourth-order valence-corrected chi connectivity index (χ4v) is 2.77. The Labute approximate surface area is 126 Å². The van der Waals surface area contributed by atoms with Crippen molar-refractivity contribution in [3.8, 4) is 0 Å². The van der Waals surface area contributed by atoms with Crippen molar-refractivity contribution < 1.29 is 4.79 Å². The van der Waals surface area contributed by atoms with Crippen LogP contribution in [0.3, 0.4) is 0 Å². The maximum atomic E-state index is 12.4. The molecule has 1 amide bonds. The fraction of sp³-hybridized carbons (Fsp3) is 0.714. The van der Waals surface area contributed by atoms with Crippen molar-refractivity contribution in [2.75, 3.05) is 0 Å². The topological polar surface area (TPSA) is 72.9 Å². The number of hydrogen-bond donors (Lipinski definition) is 2. The Morgan fingerprint density at radius 1 is 1.45 bits per heavy atom. The van der Waals surface area contributed by atoms with E-state index in [1.54, 1.807) is 0 Å². The number of rotatable bonds is 3. The zero-order valence-electron chi connectivity index (χ0n) is 12.5. The summed E-state index contributed by atoms with van der Waals surface area (Å²) in [5, 5.41) is 7.25. The molecule has 0 bridgehead atoms. The van der Waals surface area contributed by atoms with E-state index < -0.39 is 5.54 Å². The zero-order chi connectivity index (χ0) is 14.0. The van der Waals surface area contributed by atoms with Crippen molar-refractivity contribution in [2.45, 2.75) is 57.5 Å². The normalized spacial score (nSPS) is 19.0. The average molecular weight is 301 g/mol. The van der Waals surface area contributed by atoms with E-state index in [1.165, 1.54) is 6.42 Å². The number of aromatic nitrogens is 2. The Hall–Kier alpha value is -1.07. The van der Waals surface area contributed by atoms with Crippen LogP contribution in [0.2, 0.25) is 0 Å². The molecule has 1 aliphatic carbocycles. The van der Waals surface area contributed by atoms with E-state index in [4.69, 9.17) is 5.73 Å². The van der Waals surface area contributed by atoms with Gasteiger partial charge in [0.2, 0.25) is 5.91 Å². The van der Waals surface area contributed by atoms with Gasteiger partial charge in [-0.3, -0.25) is 9.48 Å². The lowest BCUT2D eigenvalue weighted by Gasteiger charge is -2.33. The molecule has 5 nitrogen and oxygen atoms in total. The van der Waals surface area contributed by atoms with Crippen molar-refractivity contribution in [2.24, 2.45) is 12.8 Å². The van der Waals surface area contributed by atoms with Gasteiger partial charge in [-0.25, -0.2) is 0 Å². The van der Waals surface area contributed by atoms with Gasteiger partial charge in [-0.05, 0) is 26.7 Å². The van der Waals surface area contributed by atoms with E-state index in [2.05, 4.69) is 10.4 Å². The molecular formula is C14H25ClN4O. The Kier molecular flexibility index (Phi) is 5.59. The number of amides is 1. The van der Waals surface area contributed by atoms with Gasteiger partial charge in [-0.15, -0.1) is 12.4 Å². The molecule has 1 aromatic rings. The highest BCUT2D eigenvalue weighted by Gasteiger charge is 2.36. The van der Waals surface area contributed by atoms with Crippen molar-refractivity contribution in [1.29, 1.82) is 0 Å². The van der Waals surface area contributed by atoms with Crippen molar-refractivity contribution >= 4 is 18.3 Å². The Morgan fingerprint density at radius 3 is 2.55 bits per heavy atom. The van der Waals surface area contributed by atoms with Crippen LogP contribution >= 0.6 is 12.4 Å². The summed E-state index contributed by atoms with van der Waals surface area (Å²) in [7, 11) is 1.90. The van der Waals surface area contributed by atoms with Crippen LogP contribution in [-0.2, 0) is 11.8 Å². The summed E-state index contributed by atoms with van der Waals surface area (Å²) in [6.45, 7) is 3.98. The van der Waals surface area contributed by atoms with Gasteiger partial charge in [-0.1, -0.05) is 19.3 Å².